The summed E-state index contributed by atoms with van der Waals surface area (Å²) < 4.78 is 27.7. The summed E-state index contributed by atoms with van der Waals surface area (Å²) in [6.07, 6.45) is 0. The molecular weight excluding hydrogens is 358 g/mol. The van der Waals surface area contributed by atoms with E-state index in [0.29, 0.717) is 16.9 Å². The number of nitrogens with zero attached hydrogens (tertiary/aromatic N) is 1. The van der Waals surface area contributed by atoms with Gasteiger partial charge < -0.3 is 5.32 Å². The van der Waals surface area contributed by atoms with Gasteiger partial charge in [0.25, 0.3) is 10.0 Å². The SMILES string of the molecule is Cc1ccc(S(=O)(=O)Nc2ccc(Nc3ccccc3C#N)cc2)cc1C. The summed E-state index contributed by atoms with van der Waals surface area (Å²) >= 11 is 0. The van der Waals surface area contributed by atoms with Gasteiger partial charge in [-0.3, -0.25) is 4.72 Å². The molecule has 3 aromatic rings. The Labute approximate surface area is 159 Å². The molecule has 0 aromatic heterocycles. The van der Waals surface area contributed by atoms with Crippen LogP contribution in [0.3, 0.4) is 0 Å². The summed E-state index contributed by atoms with van der Waals surface area (Å²) in [6.45, 7) is 3.82. The first-order chi connectivity index (χ1) is 12.9. The molecule has 0 amide bonds. The average Bonchev–Trinajstić information content (AvgIpc) is 2.65. The van der Waals surface area contributed by atoms with E-state index in [-0.39, 0.29) is 4.90 Å². The summed E-state index contributed by atoms with van der Waals surface area (Å²) in [6, 6.07) is 21.2. The Morgan fingerprint density at radius 1 is 0.852 bits per heavy atom. The van der Waals surface area contributed by atoms with E-state index in [1.165, 1.54) is 0 Å². The summed E-state index contributed by atoms with van der Waals surface area (Å²) in [5.41, 5.74) is 4.43. The van der Waals surface area contributed by atoms with Crippen molar-refractivity contribution < 1.29 is 8.42 Å². The maximum atomic E-state index is 12.6. The molecule has 0 heterocycles. The molecule has 0 fully saturated rings. The molecule has 3 aromatic carbocycles. The van der Waals surface area contributed by atoms with Crippen molar-refractivity contribution in [3.05, 3.63) is 83.4 Å². The van der Waals surface area contributed by atoms with Crippen molar-refractivity contribution in [2.75, 3.05) is 10.0 Å². The first-order valence-corrected chi connectivity index (χ1v) is 9.84. The van der Waals surface area contributed by atoms with Gasteiger partial charge >= 0.3 is 0 Å². The van der Waals surface area contributed by atoms with E-state index in [0.717, 1.165) is 16.8 Å². The van der Waals surface area contributed by atoms with E-state index < -0.39 is 10.0 Å². The van der Waals surface area contributed by atoms with Crippen molar-refractivity contribution in [3.63, 3.8) is 0 Å². The second kappa shape index (κ2) is 7.52. The van der Waals surface area contributed by atoms with Gasteiger partial charge in [0, 0.05) is 11.4 Å². The Morgan fingerprint density at radius 2 is 1.52 bits per heavy atom. The third-order valence-electron chi connectivity index (χ3n) is 4.25. The van der Waals surface area contributed by atoms with Crippen LogP contribution in [0.15, 0.2) is 71.6 Å². The largest absolute Gasteiger partial charge is 0.354 e. The van der Waals surface area contributed by atoms with E-state index in [1.807, 2.05) is 26.0 Å². The molecule has 0 unspecified atom stereocenters. The smallest absolute Gasteiger partial charge is 0.261 e. The Morgan fingerprint density at radius 3 is 2.19 bits per heavy atom. The van der Waals surface area contributed by atoms with Gasteiger partial charge in [0.2, 0.25) is 0 Å². The van der Waals surface area contributed by atoms with Crippen molar-refractivity contribution in [2.24, 2.45) is 0 Å². The molecule has 0 atom stereocenters. The van der Waals surface area contributed by atoms with Gasteiger partial charge in [-0.2, -0.15) is 5.26 Å². The lowest BCUT2D eigenvalue weighted by molar-refractivity contribution is 0.601. The normalized spacial score (nSPS) is 10.9. The predicted molar refractivity (Wildman–Crippen MR) is 108 cm³/mol. The molecule has 3 rings (SSSR count). The van der Waals surface area contributed by atoms with E-state index in [4.69, 9.17) is 5.26 Å². The lowest BCUT2D eigenvalue weighted by Crippen LogP contribution is -2.13. The minimum atomic E-state index is -3.65. The number of rotatable bonds is 5. The van der Waals surface area contributed by atoms with Gasteiger partial charge in [-0.25, -0.2) is 8.42 Å². The monoisotopic (exact) mass is 377 g/mol. The first kappa shape index (κ1) is 18.5. The third-order valence-corrected chi connectivity index (χ3v) is 5.63. The van der Waals surface area contributed by atoms with Crippen LogP contribution in [0.4, 0.5) is 17.1 Å². The molecule has 0 saturated heterocycles. The molecule has 0 aliphatic carbocycles. The zero-order chi connectivity index (χ0) is 19.4. The fraction of sp³-hybridized carbons (Fsp3) is 0.0952. The minimum Gasteiger partial charge on any atom is -0.354 e. The van der Waals surface area contributed by atoms with E-state index in [2.05, 4.69) is 16.1 Å². The summed E-state index contributed by atoms with van der Waals surface area (Å²) in [4.78, 5) is 0.232. The lowest BCUT2D eigenvalue weighted by Gasteiger charge is -2.11. The predicted octanol–water partition coefficient (Wildman–Crippen LogP) is 4.72. The van der Waals surface area contributed by atoms with Crippen LogP contribution in [0.2, 0.25) is 0 Å². The van der Waals surface area contributed by atoms with Crippen molar-refractivity contribution in [3.8, 4) is 6.07 Å². The highest BCUT2D eigenvalue weighted by Gasteiger charge is 2.14. The number of nitriles is 1. The van der Waals surface area contributed by atoms with Crippen LogP contribution >= 0.6 is 0 Å². The van der Waals surface area contributed by atoms with Crippen LogP contribution in [-0.2, 0) is 10.0 Å². The molecular formula is C21H19N3O2S. The molecule has 0 aliphatic heterocycles. The summed E-state index contributed by atoms with van der Waals surface area (Å²) in [5.74, 6) is 0. The van der Waals surface area contributed by atoms with Gasteiger partial charge in [0.1, 0.15) is 6.07 Å². The Kier molecular flexibility index (Phi) is 5.15. The number of sulfonamides is 1. The number of benzene rings is 3. The number of para-hydroxylation sites is 1. The van der Waals surface area contributed by atoms with Gasteiger partial charge in [-0.05, 0) is 73.5 Å². The Balaban J connectivity index is 1.77. The lowest BCUT2D eigenvalue weighted by atomic mass is 10.1. The van der Waals surface area contributed by atoms with Gasteiger partial charge in [-0.1, -0.05) is 18.2 Å². The molecule has 0 spiro atoms. The second-order valence-electron chi connectivity index (χ2n) is 6.21. The second-order valence-corrected chi connectivity index (χ2v) is 7.89. The molecule has 0 radical (unpaired) electrons. The highest BCUT2D eigenvalue weighted by Crippen LogP contribution is 2.23. The zero-order valence-corrected chi connectivity index (χ0v) is 15.8. The van der Waals surface area contributed by atoms with Crippen LogP contribution in [-0.4, -0.2) is 8.42 Å². The summed E-state index contributed by atoms with van der Waals surface area (Å²) in [5, 5.41) is 12.3. The van der Waals surface area contributed by atoms with Crippen LogP contribution < -0.4 is 10.0 Å². The number of anilines is 3. The van der Waals surface area contributed by atoms with Crippen molar-refractivity contribution in [1.29, 1.82) is 5.26 Å². The number of hydrogen-bond acceptors (Lipinski definition) is 4. The molecule has 136 valence electrons. The van der Waals surface area contributed by atoms with Crippen molar-refractivity contribution in [1.82, 2.24) is 0 Å². The zero-order valence-electron chi connectivity index (χ0n) is 15.0. The quantitative estimate of drug-likeness (QED) is 0.674. The fourth-order valence-electron chi connectivity index (χ4n) is 2.56. The van der Waals surface area contributed by atoms with Gasteiger partial charge in [-0.15, -0.1) is 0 Å². The minimum absolute atomic E-state index is 0.232. The average molecular weight is 377 g/mol. The highest BCUT2D eigenvalue weighted by atomic mass is 32.2. The summed E-state index contributed by atoms with van der Waals surface area (Å²) in [7, 11) is -3.65. The number of aryl methyl sites for hydroxylation is 2. The molecule has 27 heavy (non-hydrogen) atoms. The fourth-order valence-corrected chi connectivity index (χ4v) is 3.71. The highest BCUT2D eigenvalue weighted by molar-refractivity contribution is 7.92. The number of nitrogens with one attached hydrogen (secondary N) is 2. The van der Waals surface area contributed by atoms with Crippen LogP contribution in [0, 0.1) is 25.2 Å². The maximum Gasteiger partial charge on any atom is 0.261 e. The van der Waals surface area contributed by atoms with E-state index in [9.17, 15) is 8.42 Å². The molecule has 0 aliphatic rings. The molecule has 0 bridgehead atoms. The van der Waals surface area contributed by atoms with Crippen molar-refractivity contribution >= 4 is 27.1 Å². The Bertz CT molecular complexity index is 1110. The topological polar surface area (TPSA) is 82.0 Å². The van der Waals surface area contributed by atoms with Crippen LogP contribution in [0.25, 0.3) is 0 Å². The molecule has 6 heteroatoms. The van der Waals surface area contributed by atoms with Crippen LogP contribution in [0.5, 0.6) is 0 Å². The van der Waals surface area contributed by atoms with Crippen LogP contribution in [0.1, 0.15) is 16.7 Å². The third kappa shape index (κ3) is 4.27. The molecule has 2 N–H and O–H groups in total. The van der Waals surface area contributed by atoms with Gasteiger partial charge in [0.05, 0.1) is 16.1 Å². The van der Waals surface area contributed by atoms with Crippen molar-refractivity contribution in [2.45, 2.75) is 18.7 Å². The van der Waals surface area contributed by atoms with E-state index >= 15 is 0 Å². The standard InChI is InChI=1S/C21H19N3O2S/c1-15-7-12-20(13-16(15)2)27(25,26)24-19-10-8-18(9-11-19)23-21-6-4-3-5-17(21)14-22/h3-13,23-24H,1-2H3. The molecule has 0 saturated carbocycles. The Hall–Kier alpha value is -3.30. The van der Waals surface area contributed by atoms with Gasteiger partial charge in [0.15, 0.2) is 0 Å². The van der Waals surface area contributed by atoms with E-state index in [1.54, 1.807) is 54.6 Å². The first-order valence-electron chi connectivity index (χ1n) is 8.35. The number of hydrogen-bond donors (Lipinski definition) is 2. The molecule has 5 nitrogen and oxygen atoms in total. The maximum absolute atomic E-state index is 12.6.